The summed E-state index contributed by atoms with van der Waals surface area (Å²) in [7, 11) is 0. The minimum atomic E-state index is 0.632. The normalized spacial score (nSPS) is 11.6. The molecule has 11 rings (SSSR count). The molecule has 0 spiro atoms. The predicted molar refractivity (Wildman–Crippen MR) is 228 cm³/mol. The second kappa shape index (κ2) is 12.6. The maximum Gasteiger partial charge on any atom is 0.164 e. The molecule has 0 N–H and O–H groups in total. The van der Waals surface area contributed by atoms with Gasteiger partial charge in [0.05, 0.1) is 11.0 Å². The number of fused-ring (bicyclic) bond motifs is 7. The Morgan fingerprint density at radius 2 is 0.818 bits per heavy atom. The van der Waals surface area contributed by atoms with Crippen LogP contribution in [0.25, 0.3) is 105 Å². The van der Waals surface area contributed by atoms with Gasteiger partial charge in [-0.15, -0.1) is 0 Å². The van der Waals surface area contributed by atoms with Gasteiger partial charge in [0, 0.05) is 33.2 Å². The lowest BCUT2D eigenvalue weighted by molar-refractivity contribution is 1.07. The summed E-state index contributed by atoms with van der Waals surface area (Å²) in [6, 6.07) is 68.7. The zero-order valence-corrected chi connectivity index (χ0v) is 29.8. The Morgan fingerprint density at radius 1 is 0.309 bits per heavy atom. The molecule has 0 fully saturated rings. The molecule has 0 unspecified atom stereocenters. The molecule has 0 aliphatic rings. The topological polar surface area (TPSA) is 43.6 Å². The standard InChI is InChI=1S/C51H32N4/c1-2-13-36(14-3-1)49-52-50(37-23-21-35(22-24-37)43-20-10-17-33-11-6-8-18-42(33)43)54-51(53-49)38-25-28-41(29-26-38)55-46-30-27-34-12-7-9-19-44(34)48(46)45-31-39-15-4-5-16-40(39)32-47(45)55/h1-32H. The molecular formula is C51H32N4. The van der Waals surface area contributed by atoms with Crippen LogP contribution in [0.3, 0.4) is 0 Å². The number of benzene rings is 9. The Morgan fingerprint density at radius 3 is 1.51 bits per heavy atom. The Labute approximate surface area is 317 Å². The van der Waals surface area contributed by atoms with Crippen LogP contribution >= 0.6 is 0 Å². The van der Waals surface area contributed by atoms with Gasteiger partial charge in [0.1, 0.15) is 0 Å². The first kappa shape index (κ1) is 31.1. The molecule has 55 heavy (non-hydrogen) atoms. The largest absolute Gasteiger partial charge is 0.309 e. The van der Waals surface area contributed by atoms with Crippen molar-refractivity contribution in [3.05, 3.63) is 194 Å². The maximum absolute atomic E-state index is 5.08. The van der Waals surface area contributed by atoms with Crippen LogP contribution in [-0.4, -0.2) is 19.5 Å². The second-order valence-corrected chi connectivity index (χ2v) is 14.1. The van der Waals surface area contributed by atoms with Crippen LogP contribution < -0.4 is 0 Å². The van der Waals surface area contributed by atoms with Crippen LogP contribution in [0, 0.1) is 0 Å². The van der Waals surface area contributed by atoms with E-state index in [2.05, 4.69) is 168 Å². The van der Waals surface area contributed by atoms with Gasteiger partial charge in [-0.25, -0.2) is 15.0 Å². The highest BCUT2D eigenvalue weighted by molar-refractivity contribution is 6.23. The molecule has 0 amide bonds. The zero-order chi connectivity index (χ0) is 36.3. The fourth-order valence-corrected chi connectivity index (χ4v) is 8.14. The van der Waals surface area contributed by atoms with Gasteiger partial charge in [0.25, 0.3) is 0 Å². The first-order chi connectivity index (χ1) is 27.2. The molecule has 2 heterocycles. The van der Waals surface area contributed by atoms with E-state index in [0.29, 0.717) is 17.5 Å². The minimum absolute atomic E-state index is 0.632. The van der Waals surface area contributed by atoms with E-state index in [-0.39, 0.29) is 0 Å². The summed E-state index contributed by atoms with van der Waals surface area (Å²) < 4.78 is 2.39. The van der Waals surface area contributed by atoms with Crippen LogP contribution in [-0.2, 0) is 0 Å². The van der Waals surface area contributed by atoms with Crippen molar-refractivity contribution in [2.45, 2.75) is 0 Å². The number of hydrogen-bond donors (Lipinski definition) is 0. The van der Waals surface area contributed by atoms with Gasteiger partial charge in [-0.2, -0.15) is 0 Å². The SMILES string of the molecule is c1ccc(-c2nc(-c3ccc(-c4cccc5ccccc45)cc3)nc(-c3ccc(-n4c5cc6ccccc6cc5c5c6ccccc6ccc54)cc3)n2)cc1. The van der Waals surface area contributed by atoms with Gasteiger partial charge in [-0.1, -0.05) is 152 Å². The van der Waals surface area contributed by atoms with E-state index >= 15 is 0 Å². The van der Waals surface area contributed by atoms with Crippen LogP contribution in [0.2, 0.25) is 0 Å². The second-order valence-electron chi connectivity index (χ2n) is 14.1. The zero-order valence-electron chi connectivity index (χ0n) is 29.8. The fraction of sp³-hybridized carbons (Fsp3) is 0. The molecule has 0 saturated heterocycles. The van der Waals surface area contributed by atoms with Crippen molar-refractivity contribution in [1.82, 2.24) is 19.5 Å². The summed E-state index contributed by atoms with van der Waals surface area (Å²) in [6.07, 6.45) is 0. The van der Waals surface area contributed by atoms with Crippen LogP contribution in [0.15, 0.2) is 194 Å². The van der Waals surface area contributed by atoms with Crippen molar-refractivity contribution < 1.29 is 0 Å². The lowest BCUT2D eigenvalue weighted by Crippen LogP contribution is -2.00. The van der Waals surface area contributed by atoms with Crippen molar-refractivity contribution in [1.29, 1.82) is 0 Å². The van der Waals surface area contributed by atoms with Crippen molar-refractivity contribution in [3.63, 3.8) is 0 Å². The summed E-state index contributed by atoms with van der Waals surface area (Å²) in [5, 5.41) is 9.92. The molecule has 0 saturated carbocycles. The van der Waals surface area contributed by atoms with Crippen molar-refractivity contribution in [2.75, 3.05) is 0 Å². The summed E-state index contributed by atoms with van der Waals surface area (Å²) >= 11 is 0. The number of rotatable bonds is 5. The maximum atomic E-state index is 5.08. The van der Waals surface area contributed by atoms with E-state index in [1.807, 2.05) is 30.3 Å². The average Bonchev–Trinajstić information content (AvgIpc) is 3.59. The molecule has 0 atom stereocenters. The third kappa shape index (κ3) is 5.26. The summed E-state index contributed by atoms with van der Waals surface area (Å²) in [4.78, 5) is 15.1. The van der Waals surface area contributed by atoms with Crippen molar-refractivity contribution >= 4 is 54.1 Å². The van der Waals surface area contributed by atoms with Gasteiger partial charge in [-0.05, 0) is 85.9 Å². The van der Waals surface area contributed by atoms with Crippen molar-refractivity contribution in [3.8, 4) is 51.0 Å². The van der Waals surface area contributed by atoms with Gasteiger partial charge in [-0.3, -0.25) is 0 Å². The van der Waals surface area contributed by atoms with E-state index < -0.39 is 0 Å². The summed E-state index contributed by atoms with van der Waals surface area (Å²) in [5.41, 5.74) is 8.60. The highest BCUT2D eigenvalue weighted by Crippen LogP contribution is 2.39. The number of hydrogen-bond acceptors (Lipinski definition) is 3. The number of nitrogens with zero attached hydrogens (tertiary/aromatic N) is 4. The van der Waals surface area contributed by atoms with E-state index in [4.69, 9.17) is 15.0 Å². The molecule has 4 nitrogen and oxygen atoms in total. The highest BCUT2D eigenvalue weighted by Gasteiger charge is 2.17. The van der Waals surface area contributed by atoms with E-state index in [9.17, 15) is 0 Å². The third-order valence-corrected chi connectivity index (χ3v) is 10.8. The minimum Gasteiger partial charge on any atom is -0.309 e. The fourth-order valence-electron chi connectivity index (χ4n) is 8.14. The summed E-state index contributed by atoms with van der Waals surface area (Å²) in [5.74, 6) is 1.91. The van der Waals surface area contributed by atoms with Gasteiger partial charge < -0.3 is 4.57 Å². The molecule has 11 aromatic rings. The van der Waals surface area contributed by atoms with Crippen LogP contribution in [0.4, 0.5) is 0 Å². The Bertz CT molecular complexity index is 3230. The lowest BCUT2D eigenvalue weighted by Gasteiger charge is -2.12. The molecule has 9 aromatic carbocycles. The molecule has 0 aliphatic heterocycles. The smallest absolute Gasteiger partial charge is 0.164 e. The monoisotopic (exact) mass is 700 g/mol. The molecule has 0 radical (unpaired) electrons. The summed E-state index contributed by atoms with van der Waals surface area (Å²) in [6.45, 7) is 0. The lowest BCUT2D eigenvalue weighted by atomic mass is 9.97. The van der Waals surface area contributed by atoms with Crippen LogP contribution in [0.1, 0.15) is 0 Å². The Kier molecular flexibility index (Phi) is 7.14. The Balaban J connectivity index is 1.04. The molecule has 0 aliphatic carbocycles. The predicted octanol–water partition coefficient (Wildman–Crippen LogP) is 13.1. The van der Waals surface area contributed by atoms with E-state index in [1.54, 1.807) is 0 Å². The van der Waals surface area contributed by atoms with Gasteiger partial charge in [0.2, 0.25) is 0 Å². The Hall–Kier alpha value is -7.43. The molecule has 0 bridgehead atoms. The molecular weight excluding hydrogens is 669 g/mol. The number of aromatic nitrogens is 4. The van der Waals surface area contributed by atoms with Gasteiger partial charge >= 0.3 is 0 Å². The van der Waals surface area contributed by atoms with Crippen LogP contribution in [0.5, 0.6) is 0 Å². The first-order valence-corrected chi connectivity index (χ1v) is 18.6. The molecule has 2 aromatic heterocycles. The van der Waals surface area contributed by atoms with E-state index in [1.165, 1.54) is 59.7 Å². The third-order valence-electron chi connectivity index (χ3n) is 10.8. The molecule has 4 heteroatoms. The quantitative estimate of drug-likeness (QED) is 0.179. The first-order valence-electron chi connectivity index (χ1n) is 18.6. The van der Waals surface area contributed by atoms with Gasteiger partial charge in [0.15, 0.2) is 17.5 Å². The molecule has 256 valence electrons. The highest BCUT2D eigenvalue weighted by atomic mass is 15.0. The van der Waals surface area contributed by atoms with E-state index in [0.717, 1.165) is 27.9 Å². The van der Waals surface area contributed by atoms with Crippen molar-refractivity contribution in [2.24, 2.45) is 0 Å². The average molecular weight is 701 g/mol.